The molecule has 0 fully saturated rings. The molecule has 0 unspecified atom stereocenters. The van der Waals surface area contributed by atoms with Crippen molar-refractivity contribution in [3.8, 4) is 11.4 Å². The fourth-order valence-corrected chi connectivity index (χ4v) is 4.01. The minimum atomic E-state index is -0.235. The molecule has 0 saturated carbocycles. The maximum absolute atomic E-state index is 13.0. The summed E-state index contributed by atoms with van der Waals surface area (Å²) < 4.78 is 7.36. The zero-order chi connectivity index (χ0) is 24.2. The molecule has 0 bridgehead atoms. The highest BCUT2D eigenvalue weighted by atomic mass is 16.5. The summed E-state index contributed by atoms with van der Waals surface area (Å²) in [6, 6.07) is 20.1. The lowest BCUT2D eigenvalue weighted by Crippen LogP contribution is -2.30. The second-order valence-electron chi connectivity index (χ2n) is 7.91. The predicted octanol–water partition coefficient (Wildman–Crippen LogP) is 5.08. The van der Waals surface area contributed by atoms with E-state index in [2.05, 4.69) is 10.3 Å². The van der Waals surface area contributed by atoms with Crippen molar-refractivity contribution >= 4 is 28.5 Å². The third kappa shape index (κ3) is 4.50. The molecule has 7 nitrogen and oxygen atoms in total. The lowest BCUT2D eigenvalue weighted by molar-refractivity contribution is 0.0773. The molecule has 174 valence electrons. The molecule has 34 heavy (non-hydrogen) atoms. The molecule has 1 heterocycles. The van der Waals surface area contributed by atoms with E-state index < -0.39 is 0 Å². The molecule has 0 aliphatic rings. The van der Waals surface area contributed by atoms with Gasteiger partial charge in [-0.05, 0) is 75.4 Å². The van der Waals surface area contributed by atoms with Gasteiger partial charge in [-0.2, -0.15) is 0 Å². The number of benzene rings is 3. The number of carbonyl (C=O) groups excluding carboxylic acids is 2. The van der Waals surface area contributed by atoms with E-state index in [9.17, 15) is 9.59 Å². The van der Waals surface area contributed by atoms with Crippen LogP contribution in [0.5, 0.6) is 5.75 Å². The fourth-order valence-electron chi connectivity index (χ4n) is 4.01. The highest BCUT2D eigenvalue weighted by Crippen LogP contribution is 2.25. The Labute approximate surface area is 199 Å². The number of amides is 2. The van der Waals surface area contributed by atoms with Gasteiger partial charge in [0.25, 0.3) is 11.8 Å². The molecule has 4 rings (SSSR count). The molecule has 0 saturated heterocycles. The first kappa shape index (κ1) is 23.0. The third-order valence-electron chi connectivity index (χ3n) is 5.84. The topological polar surface area (TPSA) is 76.5 Å². The highest BCUT2D eigenvalue weighted by Gasteiger charge is 2.15. The van der Waals surface area contributed by atoms with Crippen LogP contribution in [0.1, 0.15) is 40.4 Å². The average molecular weight is 457 g/mol. The van der Waals surface area contributed by atoms with Crippen molar-refractivity contribution in [1.82, 2.24) is 14.5 Å². The van der Waals surface area contributed by atoms with Gasteiger partial charge in [-0.3, -0.25) is 14.2 Å². The summed E-state index contributed by atoms with van der Waals surface area (Å²) in [5.74, 6) is 1.31. The van der Waals surface area contributed by atoms with Crippen molar-refractivity contribution in [2.45, 2.75) is 20.8 Å². The first-order valence-electron chi connectivity index (χ1n) is 11.3. The summed E-state index contributed by atoms with van der Waals surface area (Å²) in [7, 11) is 1.63. The van der Waals surface area contributed by atoms with Gasteiger partial charge in [0.15, 0.2) is 0 Å². The van der Waals surface area contributed by atoms with E-state index in [1.165, 1.54) is 0 Å². The molecule has 3 aromatic carbocycles. The highest BCUT2D eigenvalue weighted by molar-refractivity contribution is 6.06. The zero-order valence-corrected chi connectivity index (χ0v) is 19.8. The lowest BCUT2D eigenvalue weighted by atomic mass is 10.1. The quantitative estimate of drug-likeness (QED) is 0.421. The van der Waals surface area contributed by atoms with E-state index in [1.807, 2.05) is 61.7 Å². The van der Waals surface area contributed by atoms with Crippen LogP contribution in [-0.4, -0.2) is 46.5 Å². The fraction of sp³-hybridized carbons (Fsp3) is 0.222. The molecule has 0 atom stereocenters. The van der Waals surface area contributed by atoms with Crippen LogP contribution in [0.4, 0.5) is 5.69 Å². The van der Waals surface area contributed by atoms with Gasteiger partial charge in [0.1, 0.15) is 11.6 Å². The van der Waals surface area contributed by atoms with Gasteiger partial charge in [0, 0.05) is 36.0 Å². The summed E-state index contributed by atoms with van der Waals surface area (Å²) in [5, 5.41) is 2.92. The number of carbonyl (C=O) groups is 2. The van der Waals surface area contributed by atoms with E-state index in [0.717, 1.165) is 28.3 Å². The summed E-state index contributed by atoms with van der Waals surface area (Å²) in [4.78, 5) is 31.9. The Hall–Kier alpha value is -4.13. The number of methoxy groups -OCH3 is 1. The molecule has 0 aliphatic heterocycles. The largest absolute Gasteiger partial charge is 0.497 e. The predicted molar refractivity (Wildman–Crippen MR) is 134 cm³/mol. The number of aryl methyl sites for hydroxylation is 1. The van der Waals surface area contributed by atoms with Crippen molar-refractivity contribution in [1.29, 1.82) is 0 Å². The van der Waals surface area contributed by atoms with Crippen molar-refractivity contribution < 1.29 is 14.3 Å². The SMILES string of the molecule is CCN(CC)C(=O)c1ccc(NC(=O)c2ccc3nc(C)n(-c4cccc(OC)c4)c3c2)cc1. The van der Waals surface area contributed by atoms with Crippen LogP contribution in [0.25, 0.3) is 16.7 Å². The van der Waals surface area contributed by atoms with Crippen molar-refractivity contribution in [3.05, 3.63) is 83.7 Å². The summed E-state index contributed by atoms with van der Waals surface area (Å²) in [6.07, 6.45) is 0. The Kier molecular flexibility index (Phi) is 6.63. The van der Waals surface area contributed by atoms with Crippen LogP contribution in [0, 0.1) is 6.92 Å². The van der Waals surface area contributed by atoms with Gasteiger partial charge in [-0.25, -0.2) is 4.98 Å². The third-order valence-corrected chi connectivity index (χ3v) is 5.84. The van der Waals surface area contributed by atoms with Gasteiger partial charge in [0.2, 0.25) is 0 Å². The van der Waals surface area contributed by atoms with E-state index in [-0.39, 0.29) is 11.8 Å². The van der Waals surface area contributed by atoms with Crippen molar-refractivity contribution in [2.24, 2.45) is 0 Å². The van der Waals surface area contributed by atoms with Crippen LogP contribution in [0.3, 0.4) is 0 Å². The van der Waals surface area contributed by atoms with Crippen molar-refractivity contribution in [3.63, 3.8) is 0 Å². The normalized spacial score (nSPS) is 10.8. The summed E-state index contributed by atoms with van der Waals surface area (Å²) in [6.45, 7) is 7.15. The van der Waals surface area contributed by atoms with Crippen molar-refractivity contribution in [2.75, 3.05) is 25.5 Å². The molecule has 1 aromatic heterocycles. The Balaban J connectivity index is 1.59. The Morgan fingerprint density at radius 2 is 1.68 bits per heavy atom. The number of hydrogen-bond donors (Lipinski definition) is 1. The van der Waals surface area contributed by atoms with E-state index in [0.29, 0.717) is 29.9 Å². The molecular weight excluding hydrogens is 428 g/mol. The maximum Gasteiger partial charge on any atom is 0.255 e. The van der Waals surface area contributed by atoms with E-state index in [1.54, 1.807) is 42.3 Å². The second kappa shape index (κ2) is 9.79. The summed E-state index contributed by atoms with van der Waals surface area (Å²) in [5.41, 5.74) is 4.28. The van der Waals surface area contributed by atoms with Gasteiger partial charge < -0.3 is 15.0 Å². The van der Waals surface area contributed by atoms with Crippen LogP contribution in [0.15, 0.2) is 66.7 Å². The van der Waals surface area contributed by atoms with Crippen LogP contribution >= 0.6 is 0 Å². The van der Waals surface area contributed by atoms with Crippen LogP contribution < -0.4 is 10.1 Å². The molecule has 2 amide bonds. The minimum absolute atomic E-state index is 0.0190. The second-order valence-corrected chi connectivity index (χ2v) is 7.91. The number of hydrogen-bond acceptors (Lipinski definition) is 4. The number of fused-ring (bicyclic) bond motifs is 1. The first-order chi connectivity index (χ1) is 16.4. The Morgan fingerprint density at radius 1 is 0.971 bits per heavy atom. The molecule has 7 heteroatoms. The number of anilines is 1. The van der Waals surface area contributed by atoms with E-state index in [4.69, 9.17) is 4.74 Å². The first-order valence-corrected chi connectivity index (χ1v) is 11.3. The minimum Gasteiger partial charge on any atom is -0.497 e. The van der Waals surface area contributed by atoms with Gasteiger partial charge in [0.05, 0.1) is 23.8 Å². The zero-order valence-electron chi connectivity index (χ0n) is 19.8. The number of nitrogens with zero attached hydrogens (tertiary/aromatic N) is 3. The number of aromatic nitrogens is 2. The molecule has 4 aromatic rings. The van der Waals surface area contributed by atoms with Crippen LogP contribution in [0.2, 0.25) is 0 Å². The number of rotatable bonds is 7. The van der Waals surface area contributed by atoms with Gasteiger partial charge in [-0.1, -0.05) is 6.07 Å². The number of nitrogens with one attached hydrogen (secondary N) is 1. The molecular formula is C27H28N4O3. The standard InChI is InChI=1S/C27H28N4O3/c1-5-30(6-2)27(33)19-10-13-21(14-11-19)29-26(32)20-12-15-24-25(16-20)31(18(3)28-24)22-8-7-9-23(17-22)34-4/h7-17H,5-6H2,1-4H3,(H,29,32). The Morgan fingerprint density at radius 3 is 2.35 bits per heavy atom. The van der Waals surface area contributed by atoms with Crippen LogP contribution in [-0.2, 0) is 0 Å². The maximum atomic E-state index is 13.0. The summed E-state index contributed by atoms with van der Waals surface area (Å²) >= 11 is 0. The van der Waals surface area contributed by atoms with E-state index >= 15 is 0 Å². The Bertz CT molecular complexity index is 1340. The smallest absolute Gasteiger partial charge is 0.255 e. The lowest BCUT2D eigenvalue weighted by Gasteiger charge is -2.18. The number of ether oxygens (including phenoxy) is 1. The van der Waals surface area contributed by atoms with Gasteiger partial charge >= 0.3 is 0 Å². The molecule has 0 spiro atoms. The molecule has 0 radical (unpaired) electrons. The van der Waals surface area contributed by atoms with Gasteiger partial charge in [-0.15, -0.1) is 0 Å². The molecule has 0 aliphatic carbocycles. The molecule has 1 N–H and O–H groups in total. The monoisotopic (exact) mass is 456 g/mol. The number of imidazole rings is 1. The average Bonchev–Trinajstić information content (AvgIpc) is 3.20.